The van der Waals surface area contributed by atoms with Gasteiger partial charge in [0.05, 0.1) is 83.6 Å². The predicted octanol–water partition coefficient (Wildman–Crippen LogP) is 26.5. The van der Waals surface area contributed by atoms with Crippen molar-refractivity contribution < 1.29 is 9.47 Å². The molecule has 2 spiro atoms. The normalized spacial score (nSPS) is 14.9. The first kappa shape index (κ1) is 66.4. The maximum atomic E-state index is 7.08. The van der Waals surface area contributed by atoms with Gasteiger partial charge in [-0.3, -0.25) is 4.57 Å². The summed E-state index contributed by atoms with van der Waals surface area (Å²) in [5.74, 6) is 4.07. The van der Waals surface area contributed by atoms with Crippen molar-refractivity contribution in [3.63, 3.8) is 0 Å². The van der Waals surface area contributed by atoms with Gasteiger partial charge in [-0.25, -0.2) is 19.9 Å². The molecule has 16 aromatic carbocycles. The largest absolute Gasteiger partial charge is 0.457 e. The Hall–Kier alpha value is -15.2. The zero-order valence-corrected chi connectivity index (χ0v) is 63.5. The molecule has 0 amide bonds. The molecule has 4 aliphatic rings. The smallest absolute Gasteiger partial charge is 0.235 e. The highest BCUT2D eigenvalue weighted by Crippen LogP contribution is 2.64. The highest BCUT2D eigenvalue weighted by atomic mass is 35.5. The number of nitrogens with zero attached hydrogens (tertiary/aromatic N) is 7. The number of hydrogen-bond acceptors (Lipinski definition) is 6. The molecular formula is C106H65ClN8O2. The van der Waals surface area contributed by atoms with E-state index >= 15 is 0 Å². The van der Waals surface area contributed by atoms with Gasteiger partial charge in [-0.1, -0.05) is 303 Å². The maximum Gasteiger partial charge on any atom is 0.235 e. The van der Waals surface area contributed by atoms with Crippen LogP contribution in [0.2, 0.25) is 5.28 Å². The number of aromatic nitrogens is 8. The number of ether oxygens (including phenoxy) is 2. The van der Waals surface area contributed by atoms with E-state index in [9.17, 15) is 0 Å². The number of H-pyrrole nitrogens is 1. The van der Waals surface area contributed by atoms with Crippen LogP contribution in [0.1, 0.15) is 44.5 Å². The molecule has 117 heavy (non-hydrogen) atoms. The molecule has 0 radical (unpaired) electrons. The number of nitrogens with one attached hydrogen (secondary N) is 1. The van der Waals surface area contributed by atoms with Crippen LogP contribution in [0.5, 0.6) is 23.0 Å². The average Bonchev–Trinajstić information content (AvgIpc) is 1.63. The van der Waals surface area contributed by atoms with E-state index in [2.05, 4.69) is 338 Å². The minimum absolute atomic E-state index is 0.264. The molecule has 1 N–H and O–H groups in total. The van der Waals surface area contributed by atoms with E-state index in [1.54, 1.807) is 0 Å². The van der Waals surface area contributed by atoms with E-state index in [0.29, 0.717) is 5.95 Å². The van der Waals surface area contributed by atoms with Crippen LogP contribution in [0.25, 0.3) is 150 Å². The fraction of sp³-hybridized carbons (Fsp3) is 0.0189. The summed E-state index contributed by atoms with van der Waals surface area (Å²) in [6, 6.07) is 137. The van der Waals surface area contributed by atoms with Gasteiger partial charge in [-0.15, -0.1) is 0 Å². The first-order chi connectivity index (χ1) is 57.9. The van der Waals surface area contributed by atoms with Crippen molar-refractivity contribution >= 4 is 98.8 Å². The number of halogens is 1. The summed E-state index contributed by atoms with van der Waals surface area (Å²) in [5.41, 5.74) is 27.5. The molecule has 10 nitrogen and oxygen atoms in total. The van der Waals surface area contributed by atoms with Crippen LogP contribution in [-0.4, -0.2) is 38.6 Å². The molecule has 22 aromatic rings. The molecule has 6 aromatic heterocycles. The minimum Gasteiger partial charge on any atom is -0.457 e. The Labute approximate surface area is 676 Å². The summed E-state index contributed by atoms with van der Waals surface area (Å²) in [7, 11) is 0. The van der Waals surface area contributed by atoms with Gasteiger partial charge < -0.3 is 23.6 Å². The molecule has 0 aliphatic carbocycles. The Morgan fingerprint density at radius 3 is 1.09 bits per heavy atom. The number of aromatic amines is 1. The highest BCUT2D eigenvalue weighted by molar-refractivity contribution is 6.28. The summed E-state index contributed by atoms with van der Waals surface area (Å²) < 4.78 is 21.0. The standard InChI is InChI=1S/C53H32N4O.C37H22N2O.C16H11ClN2/c1-3-16-33(17-4-1)43-31-44(34-18-5-2-6-19-34)55-52(54-43)57-46-27-12-8-21-36(46)38-30-42-50(32-48(38)57)58-49-29-14-10-24-40(49)53(42)39-23-9-13-28-47(39)56-45-26-11-7-20-35(45)37-22-15-25-41(53)51(37)56;1-5-16-30-22(10-1)25-20-29-35(21-31(25)38-30)40-34-19-8-4-14-27(34)37(29)26-13-3-7-18-33(26)39-32-17-6-2-11-23(32)24-12-9-15-28(37)36(24)39;17-16-18-14(12-7-3-1-4-8-12)11-15(19-16)13-9-5-2-6-10-13/h1-32H;1-21,38H;1-11H. The van der Waals surface area contributed by atoms with Gasteiger partial charge in [-0.2, -0.15) is 0 Å². The van der Waals surface area contributed by atoms with Crippen LogP contribution < -0.4 is 9.47 Å². The Morgan fingerprint density at radius 2 is 0.598 bits per heavy atom. The minimum atomic E-state index is -0.674. The van der Waals surface area contributed by atoms with Gasteiger partial charge >= 0.3 is 0 Å². The second kappa shape index (κ2) is 25.9. The number of para-hydroxylation sites is 10. The van der Waals surface area contributed by atoms with Crippen molar-refractivity contribution in [2.45, 2.75) is 10.8 Å². The lowest BCUT2D eigenvalue weighted by molar-refractivity contribution is 0.434. The lowest BCUT2D eigenvalue weighted by Crippen LogP contribution is -2.37. The molecule has 0 saturated carbocycles. The van der Waals surface area contributed by atoms with Crippen molar-refractivity contribution in [2.24, 2.45) is 0 Å². The fourth-order valence-corrected chi connectivity index (χ4v) is 19.8. The van der Waals surface area contributed by atoms with Crippen LogP contribution in [0.4, 0.5) is 0 Å². The quantitative estimate of drug-likeness (QED) is 0.172. The Morgan fingerprint density at radius 1 is 0.239 bits per heavy atom. The highest BCUT2D eigenvalue weighted by Gasteiger charge is 2.53. The van der Waals surface area contributed by atoms with Crippen molar-refractivity contribution in [1.82, 2.24) is 38.6 Å². The molecule has 2 unspecified atom stereocenters. The van der Waals surface area contributed by atoms with E-state index in [4.69, 9.17) is 31.0 Å². The monoisotopic (exact) mass is 1520 g/mol. The second-order valence-electron chi connectivity index (χ2n) is 30.4. The molecule has 4 aliphatic heterocycles. The Balaban J connectivity index is 0.000000114. The third kappa shape index (κ3) is 9.80. The molecule has 0 bridgehead atoms. The van der Waals surface area contributed by atoms with Crippen LogP contribution in [0, 0.1) is 0 Å². The van der Waals surface area contributed by atoms with Gasteiger partial charge in [0.25, 0.3) is 0 Å². The Kier molecular flexibility index (Phi) is 14.7. The first-order valence-corrected chi connectivity index (χ1v) is 39.9. The number of rotatable bonds is 5. The second-order valence-corrected chi connectivity index (χ2v) is 30.8. The summed E-state index contributed by atoms with van der Waals surface area (Å²) in [5, 5.41) is 9.99. The zero-order chi connectivity index (χ0) is 77.0. The SMILES string of the molecule is Clc1nc(-c2ccccc2)cc(-c2ccccc2)n1.c1ccc(-c2cc(-c3ccccc3)nc(-n3c4ccccc4c4cc5c(cc43)Oc3ccccc3C53c4ccccc4-n4c5ccccc5c5cccc3c54)n2)cc1.c1ccc2c(c1)Oc1cc3[nH]c4ccccc4c3cc1C21c2ccccc2-n2c3ccccc3c3cccc1c32. The summed E-state index contributed by atoms with van der Waals surface area (Å²) in [4.78, 5) is 22.8. The predicted molar refractivity (Wildman–Crippen MR) is 474 cm³/mol. The van der Waals surface area contributed by atoms with Gasteiger partial charge in [-0.05, 0) is 107 Å². The van der Waals surface area contributed by atoms with Gasteiger partial charge in [0.15, 0.2) is 0 Å². The van der Waals surface area contributed by atoms with Crippen molar-refractivity contribution in [2.75, 3.05) is 0 Å². The Bertz CT molecular complexity index is 7750. The lowest BCUT2D eigenvalue weighted by Gasteiger charge is -2.45. The van der Waals surface area contributed by atoms with Crippen LogP contribution in [0.3, 0.4) is 0 Å². The third-order valence-corrected chi connectivity index (χ3v) is 24.6. The molecule has 11 heteroatoms. The number of benzene rings is 16. The molecule has 0 fully saturated rings. The lowest BCUT2D eigenvalue weighted by atomic mass is 9.61. The topological polar surface area (TPSA) is 101 Å². The number of fused-ring (bicyclic) bond motifs is 28. The van der Waals surface area contributed by atoms with E-state index in [1.807, 2.05) is 78.9 Å². The van der Waals surface area contributed by atoms with Gasteiger partial charge in [0.1, 0.15) is 23.0 Å². The number of hydrogen-bond donors (Lipinski definition) is 1. The fourth-order valence-electron chi connectivity index (χ4n) is 19.6. The van der Waals surface area contributed by atoms with Gasteiger partial charge in [0.2, 0.25) is 11.2 Å². The summed E-state index contributed by atoms with van der Waals surface area (Å²) in [6.45, 7) is 0. The first-order valence-electron chi connectivity index (χ1n) is 39.5. The molecule has 10 heterocycles. The molecule has 548 valence electrons. The van der Waals surface area contributed by atoms with Crippen molar-refractivity contribution in [1.29, 1.82) is 0 Å². The van der Waals surface area contributed by atoms with Crippen LogP contribution in [0.15, 0.2) is 388 Å². The maximum absolute atomic E-state index is 7.08. The van der Waals surface area contributed by atoms with E-state index in [0.717, 1.165) is 112 Å². The van der Waals surface area contributed by atoms with E-state index in [-0.39, 0.29) is 5.28 Å². The van der Waals surface area contributed by atoms with Gasteiger partial charge in [0, 0.05) is 105 Å². The summed E-state index contributed by atoms with van der Waals surface area (Å²) in [6.07, 6.45) is 0. The average molecular weight is 1520 g/mol. The molecule has 2 atom stereocenters. The van der Waals surface area contributed by atoms with E-state index < -0.39 is 10.8 Å². The third-order valence-electron chi connectivity index (χ3n) is 24.4. The van der Waals surface area contributed by atoms with Crippen molar-refractivity contribution in [3.8, 4) is 85.4 Å². The summed E-state index contributed by atoms with van der Waals surface area (Å²) >= 11 is 6.03. The molecular weight excluding hydrogens is 1450 g/mol. The van der Waals surface area contributed by atoms with Crippen molar-refractivity contribution in [3.05, 3.63) is 438 Å². The van der Waals surface area contributed by atoms with Crippen LogP contribution in [-0.2, 0) is 10.8 Å². The van der Waals surface area contributed by atoms with E-state index in [1.165, 1.54) is 99.1 Å². The molecule has 26 rings (SSSR count). The molecule has 0 saturated heterocycles. The van der Waals surface area contributed by atoms with Crippen LogP contribution >= 0.6 is 11.6 Å². The zero-order valence-electron chi connectivity index (χ0n) is 62.8.